The van der Waals surface area contributed by atoms with Crippen LogP contribution in [0.2, 0.25) is 5.02 Å². The lowest BCUT2D eigenvalue weighted by Crippen LogP contribution is -2.40. The van der Waals surface area contributed by atoms with Gasteiger partial charge in [0.05, 0.1) is 24.9 Å². The molecule has 0 spiro atoms. The van der Waals surface area contributed by atoms with Gasteiger partial charge in [-0.15, -0.1) is 5.10 Å². The molecule has 1 aliphatic rings. The Labute approximate surface area is 194 Å². The zero-order chi connectivity index (χ0) is 22.1. The monoisotopic (exact) mass is 467 g/mol. The summed E-state index contributed by atoms with van der Waals surface area (Å²) in [6, 6.07) is 15.0. The number of piperidine rings is 1. The van der Waals surface area contributed by atoms with Crippen molar-refractivity contribution in [3.8, 4) is 17.0 Å². The molecule has 2 aromatic carbocycles. The summed E-state index contributed by atoms with van der Waals surface area (Å²) >= 11 is 7.47. The molecule has 1 fully saturated rings. The van der Waals surface area contributed by atoms with Crippen molar-refractivity contribution in [2.75, 3.05) is 30.4 Å². The number of ether oxygens (including phenoxy) is 1. The summed E-state index contributed by atoms with van der Waals surface area (Å²) in [6.07, 6.45) is 3.74. The van der Waals surface area contributed by atoms with E-state index in [9.17, 15) is 4.79 Å². The summed E-state index contributed by atoms with van der Waals surface area (Å²) in [6.45, 7) is 1.52. The first kappa shape index (κ1) is 20.8. The number of rotatable bonds is 5. The minimum absolute atomic E-state index is 0.0279. The normalized spacial score (nSPS) is 16.3. The highest BCUT2D eigenvalue weighted by Gasteiger charge is 2.28. The predicted molar refractivity (Wildman–Crippen MR) is 128 cm³/mol. The standard InChI is InChI=1S/C23H22ClN5O2S/c1-31-19-10-4-15(5-11-19)20-14-29-22(26-20)32-23(27-29)28-12-2-3-16(13-28)21(30)25-18-8-6-17(24)7-9-18/h4-11,14,16H,2-3,12-13H2,1H3,(H,25,30)/t16-/m0/s1. The van der Waals surface area contributed by atoms with Crippen LogP contribution in [0, 0.1) is 5.92 Å². The quantitative estimate of drug-likeness (QED) is 0.448. The molecule has 0 unspecified atom stereocenters. The van der Waals surface area contributed by atoms with Gasteiger partial charge in [0.25, 0.3) is 0 Å². The smallest absolute Gasteiger partial charge is 0.229 e. The van der Waals surface area contributed by atoms with E-state index in [0.717, 1.165) is 52.2 Å². The fraction of sp³-hybridized carbons (Fsp3) is 0.261. The van der Waals surface area contributed by atoms with Crippen LogP contribution in [-0.4, -0.2) is 40.7 Å². The van der Waals surface area contributed by atoms with Gasteiger partial charge in [0.1, 0.15) is 5.75 Å². The molecule has 3 heterocycles. The summed E-state index contributed by atoms with van der Waals surface area (Å²) in [5, 5.41) is 9.27. The number of methoxy groups -OCH3 is 1. The van der Waals surface area contributed by atoms with Crippen molar-refractivity contribution in [3.05, 3.63) is 59.8 Å². The van der Waals surface area contributed by atoms with Gasteiger partial charge < -0.3 is 15.0 Å². The van der Waals surface area contributed by atoms with Crippen LogP contribution in [0.1, 0.15) is 12.8 Å². The molecule has 4 aromatic rings. The largest absolute Gasteiger partial charge is 0.497 e. The van der Waals surface area contributed by atoms with E-state index < -0.39 is 0 Å². The van der Waals surface area contributed by atoms with E-state index in [2.05, 4.69) is 10.2 Å². The Morgan fingerprint density at radius 2 is 1.97 bits per heavy atom. The van der Waals surface area contributed by atoms with E-state index in [1.54, 1.807) is 30.6 Å². The molecule has 32 heavy (non-hydrogen) atoms. The zero-order valence-corrected chi connectivity index (χ0v) is 19.1. The fourth-order valence-corrected chi connectivity index (χ4v) is 4.90. The Morgan fingerprint density at radius 1 is 1.19 bits per heavy atom. The Bertz CT molecular complexity index is 1200. The lowest BCUT2D eigenvalue weighted by Gasteiger charge is -2.31. The van der Waals surface area contributed by atoms with Crippen molar-refractivity contribution in [1.29, 1.82) is 0 Å². The van der Waals surface area contributed by atoms with Crippen molar-refractivity contribution in [3.63, 3.8) is 0 Å². The van der Waals surface area contributed by atoms with Crippen LogP contribution in [0.3, 0.4) is 0 Å². The third-order valence-corrected chi connectivity index (χ3v) is 6.83. The number of halogens is 1. The maximum atomic E-state index is 12.8. The molecule has 1 saturated heterocycles. The van der Waals surface area contributed by atoms with Gasteiger partial charge in [0.2, 0.25) is 16.0 Å². The molecule has 1 amide bonds. The predicted octanol–water partition coefficient (Wildman–Crippen LogP) is 4.97. The minimum Gasteiger partial charge on any atom is -0.497 e. The molecule has 0 radical (unpaired) electrons. The van der Waals surface area contributed by atoms with Gasteiger partial charge in [-0.3, -0.25) is 4.79 Å². The number of nitrogens with zero attached hydrogens (tertiary/aromatic N) is 4. The molecule has 0 saturated carbocycles. The number of anilines is 2. The molecule has 0 bridgehead atoms. The van der Waals surface area contributed by atoms with Crippen LogP contribution in [0.4, 0.5) is 10.8 Å². The van der Waals surface area contributed by atoms with Crippen molar-refractivity contribution >= 4 is 44.6 Å². The lowest BCUT2D eigenvalue weighted by molar-refractivity contribution is -0.120. The maximum Gasteiger partial charge on any atom is 0.229 e. The van der Waals surface area contributed by atoms with Gasteiger partial charge in [-0.2, -0.15) is 0 Å². The first-order chi connectivity index (χ1) is 15.6. The van der Waals surface area contributed by atoms with Crippen LogP contribution in [0.15, 0.2) is 54.7 Å². The van der Waals surface area contributed by atoms with Gasteiger partial charge in [0, 0.05) is 29.4 Å². The number of carbonyl (C=O) groups is 1. The average molecular weight is 468 g/mol. The molecule has 1 N–H and O–H groups in total. The number of amides is 1. The summed E-state index contributed by atoms with van der Waals surface area (Å²) < 4.78 is 7.04. The van der Waals surface area contributed by atoms with Crippen LogP contribution in [0.25, 0.3) is 16.2 Å². The number of hydrogen-bond donors (Lipinski definition) is 1. The first-order valence-corrected chi connectivity index (χ1v) is 11.6. The fourth-order valence-electron chi connectivity index (χ4n) is 3.86. The lowest BCUT2D eigenvalue weighted by atomic mass is 9.97. The molecule has 9 heteroatoms. The van der Waals surface area contributed by atoms with E-state index in [1.165, 1.54) is 0 Å². The third kappa shape index (κ3) is 4.28. The number of imidazole rings is 1. The van der Waals surface area contributed by atoms with E-state index in [4.69, 9.17) is 26.4 Å². The number of benzene rings is 2. The highest BCUT2D eigenvalue weighted by Crippen LogP contribution is 2.30. The third-order valence-electron chi connectivity index (χ3n) is 5.59. The number of aromatic nitrogens is 3. The van der Waals surface area contributed by atoms with Crippen molar-refractivity contribution in [1.82, 2.24) is 14.6 Å². The molecule has 5 rings (SSSR count). The number of nitrogens with one attached hydrogen (secondary N) is 1. The molecular weight excluding hydrogens is 446 g/mol. The van der Waals surface area contributed by atoms with Gasteiger partial charge in [-0.25, -0.2) is 9.50 Å². The molecule has 1 atom stereocenters. The van der Waals surface area contributed by atoms with E-state index in [-0.39, 0.29) is 11.8 Å². The molecule has 0 aliphatic carbocycles. The summed E-state index contributed by atoms with van der Waals surface area (Å²) in [4.78, 5) is 20.5. The SMILES string of the molecule is COc1ccc(-c2cn3nc(N4CCC[C@H](C(=O)Nc5ccc(Cl)cc5)C4)sc3n2)cc1. The van der Waals surface area contributed by atoms with Crippen LogP contribution in [-0.2, 0) is 4.79 Å². The second-order valence-electron chi connectivity index (χ2n) is 7.75. The van der Waals surface area contributed by atoms with E-state index in [1.807, 2.05) is 47.1 Å². The van der Waals surface area contributed by atoms with Crippen molar-refractivity contribution in [2.45, 2.75) is 12.8 Å². The second kappa shape index (κ2) is 8.80. The van der Waals surface area contributed by atoms with Crippen LogP contribution >= 0.6 is 22.9 Å². The van der Waals surface area contributed by atoms with Gasteiger partial charge >= 0.3 is 0 Å². The molecular formula is C23H22ClN5O2S. The molecule has 2 aromatic heterocycles. The Kier molecular flexibility index (Phi) is 5.71. The number of hydrogen-bond acceptors (Lipinski definition) is 6. The molecule has 7 nitrogen and oxygen atoms in total. The number of fused-ring (bicyclic) bond motifs is 1. The Hall–Kier alpha value is -3.10. The van der Waals surface area contributed by atoms with E-state index in [0.29, 0.717) is 11.6 Å². The van der Waals surface area contributed by atoms with Crippen molar-refractivity contribution in [2.24, 2.45) is 5.92 Å². The van der Waals surface area contributed by atoms with Gasteiger partial charge in [0.15, 0.2) is 0 Å². The van der Waals surface area contributed by atoms with E-state index >= 15 is 0 Å². The molecule has 1 aliphatic heterocycles. The minimum atomic E-state index is -0.0921. The highest BCUT2D eigenvalue weighted by atomic mass is 35.5. The van der Waals surface area contributed by atoms with Crippen LogP contribution in [0.5, 0.6) is 5.75 Å². The maximum absolute atomic E-state index is 12.8. The van der Waals surface area contributed by atoms with Crippen LogP contribution < -0.4 is 15.0 Å². The zero-order valence-electron chi connectivity index (χ0n) is 17.5. The number of carbonyl (C=O) groups excluding carboxylic acids is 1. The Balaban J connectivity index is 1.28. The summed E-state index contributed by atoms with van der Waals surface area (Å²) in [5.41, 5.74) is 2.65. The van der Waals surface area contributed by atoms with Gasteiger partial charge in [-0.05, 0) is 61.4 Å². The Morgan fingerprint density at radius 3 is 2.69 bits per heavy atom. The summed E-state index contributed by atoms with van der Waals surface area (Å²) in [5.74, 6) is 0.751. The topological polar surface area (TPSA) is 71.8 Å². The van der Waals surface area contributed by atoms with Crippen molar-refractivity contribution < 1.29 is 9.53 Å². The first-order valence-electron chi connectivity index (χ1n) is 10.4. The van der Waals surface area contributed by atoms with Gasteiger partial charge in [-0.1, -0.05) is 22.9 Å². The summed E-state index contributed by atoms with van der Waals surface area (Å²) in [7, 11) is 1.65. The highest BCUT2D eigenvalue weighted by molar-refractivity contribution is 7.20. The average Bonchev–Trinajstić information content (AvgIpc) is 3.40. The molecule has 164 valence electrons. The second-order valence-corrected chi connectivity index (χ2v) is 9.12.